The number of nitrogens with one attached hydrogen (secondary N) is 1. The first-order chi connectivity index (χ1) is 13.6. The second-order valence-electron chi connectivity index (χ2n) is 7.27. The Morgan fingerprint density at radius 1 is 1.32 bits per heavy atom. The highest BCUT2D eigenvalue weighted by Gasteiger charge is 2.59. The fraction of sp³-hybridized carbons (Fsp3) is 0.381. The summed E-state index contributed by atoms with van der Waals surface area (Å²) in [6, 6.07) is 7.58. The van der Waals surface area contributed by atoms with Crippen LogP contribution in [0.3, 0.4) is 0 Å². The first kappa shape index (κ1) is 17.0. The molecule has 2 aromatic rings. The van der Waals surface area contributed by atoms with Gasteiger partial charge < -0.3 is 19.5 Å². The second-order valence-corrected chi connectivity index (χ2v) is 7.27. The van der Waals surface area contributed by atoms with Gasteiger partial charge in [-0.05, 0) is 37.6 Å². The number of ether oxygens (including phenoxy) is 3. The maximum Gasteiger partial charge on any atom is 0.306 e. The first-order valence-electron chi connectivity index (χ1n) is 9.56. The third-order valence-corrected chi connectivity index (χ3v) is 5.51. The van der Waals surface area contributed by atoms with Gasteiger partial charge in [-0.15, -0.1) is 0 Å². The zero-order chi connectivity index (χ0) is 19.3. The molecule has 7 heteroatoms. The van der Waals surface area contributed by atoms with Crippen molar-refractivity contribution in [3.05, 3.63) is 41.6 Å². The summed E-state index contributed by atoms with van der Waals surface area (Å²) in [5, 5.41) is 2.78. The molecule has 1 aromatic heterocycles. The van der Waals surface area contributed by atoms with Crippen LogP contribution in [0.5, 0.6) is 17.2 Å². The molecule has 1 N–H and O–H groups in total. The van der Waals surface area contributed by atoms with Crippen molar-refractivity contribution in [1.29, 1.82) is 0 Å². The number of fused-ring (bicyclic) bond motifs is 4. The normalized spacial score (nSPS) is 23.6. The lowest BCUT2D eigenvalue weighted by Gasteiger charge is -2.19. The number of aromatic nitrogens is 1. The molecule has 3 aliphatic rings. The number of carbonyl (C=O) groups is 2. The van der Waals surface area contributed by atoms with Gasteiger partial charge >= 0.3 is 5.97 Å². The van der Waals surface area contributed by atoms with E-state index in [2.05, 4.69) is 10.3 Å². The molecule has 3 heterocycles. The van der Waals surface area contributed by atoms with Crippen molar-refractivity contribution in [2.75, 3.05) is 11.9 Å². The predicted molar refractivity (Wildman–Crippen MR) is 99.6 cm³/mol. The van der Waals surface area contributed by atoms with E-state index >= 15 is 0 Å². The summed E-state index contributed by atoms with van der Waals surface area (Å²) >= 11 is 0. The molecule has 5 rings (SSSR count). The highest BCUT2D eigenvalue weighted by atomic mass is 16.5. The van der Waals surface area contributed by atoms with Crippen LogP contribution < -0.4 is 14.8 Å². The lowest BCUT2D eigenvalue weighted by molar-refractivity contribution is -0.143. The van der Waals surface area contributed by atoms with Gasteiger partial charge in [0.05, 0.1) is 13.0 Å². The smallest absolute Gasteiger partial charge is 0.306 e. The molecule has 1 aromatic carbocycles. The third kappa shape index (κ3) is 2.87. The van der Waals surface area contributed by atoms with Gasteiger partial charge in [0.1, 0.15) is 29.2 Å². The Labute approximate surface area is 162 Å². The van der Waals surface area contributed by atoms with Crippen LogP contribution >= 0.6 is 0 Å². The average molecular weight is 380 g/mol. The molecule has 7 nitrogen and oxygen atoms in total. The topological polar surface area (TPSA) is 86.8 Å². The standard InChI is InChI=1S/C21H20N2O5/c1-2-26-18(25)10-14-19-13-9-11(3-5-15(13)28-20(14)19)27-16-7-8-22-21-12(16)4-6-17(24)23-21/h3,5,7-9,14,19-20H,2,4,6,10H2,1H3,(H,22,23,24)/t14-,19-,20+/m0/s1. The van der Waals surface area contributed by atoms with Gasteiger partial charge in [-0.25, -0.2) is 4.98 Å². The average Bonchev–Trinajstić information content (AvgIpc) is 3.18. The number of benzene rings is 1. The van der Waals surface area contributed by atoms with E-state index in [9.17, 15) is 9.59 Å². The summed E-state index contributed by atoms with van der Waals surface area (Å²) in [5.41, 5.74) is 1.98. The Bertz CT molecular complexity index is 973. The number of amides is 1. The van der Waals surface area contributed by atoms with Gasteiger partial charge in [0.15, 0.2) is 0 Å². The number of rotatable bonds is 5. The zero-order valence-corrected chi connectivity index (χ0v) is 15.4. The number of nitrogens with zero attached hydrogens (tertiary/aromatic N) is 1. The van der Waals surface area contributed by atoms with Gasteiger partial charge in [-0.2, -0.15) is 0 Å². The molecule has 144 valence electrons. The van der Waals surface area contributed by atoms with Crippen LogP contribution in [0, 0.1) is 5.92 Å². The number of pyridine rings is 1. The molecule has 2 aliphatic heterocycles. The summed E-state index contributed by atoms with van der Waals surface area (Å²) in [7, 11) is 0. The van der Waals surface area contributed by atoms with Crippen molar-refractivity contribution in [2.45, 2.75) is 38.2 Å². The van der Waals surface area contributed by atoms with Crippen molar-refractivity contribution in [3.8, 4) is 17.2 Å². The largest absolute Gasteiger partial charge is 0.489 e. The number of hydrogen-bond acceptors (Lipinski definition) is 6. The highest BCUT2D eigenvalue weighted by Crippen LogP contribution is 2.60. The van der Waals surface area contributed by atoms with Crippen molar-refractivity contribution in [2.24, 2.45) is 5.92 Å². The Balaban J connectivity index is 1.35. The minimum absolute atomic E-state index is 0.0285. The Morgan fingerprint density at radius 2 is 2.21 bits per heavy atom. The maximum absolute atomic E-state index is 11.8. The van der Waals surface area contributed by atoms with Gasteiger partial charge in [0.2, 0.25) is 5.91 Å². The maximum atomic E-state index is 11.8. The molecule has 1 saturated carbocycles. The van der Waals surface area contributed by atoms with E-state index in [-0.39, 0.29) is 29.8 Å². The summed E-state index contributed by atoms with van der Waals surface area (Å²) in [5.74, 6) is 3.00. The van der Waals surface area contributed by atoms with Crippen LogP contribution in [0.1, 0.15) is 36.8 Å². The number of esters is 1. The molecule has 28 heavy (non-hydrogen) atoms. The van der Waals surface area contributed by atoms with Crippen molar-refractivity contribution in [3.63, 3.8) is 0 Å². The van der Waals surface area contributed by atoms with E-state index in [0.717, 1.165) is 16.9 Å². The molecular formula is C21H20N2O5. The zero-order valence-electron chi connectivity index (χ0n) is 15.4. The van der Waals surface area contributed by atoms with E-state index in [1.165, 1.54) is 0 Å². The summed E-state index contributed by atoms with van der Waals surface area (Å²) in [6.07, 6.45) is 3.09. The van der Waals surface area contributed by atoms with Crippen LogP contribution in [0.25, 0.3) is 0 Å². The minimum atomic E-state index is -0.176. The molecule has 0 spiro atoms. The van der Waals surface area contributed by atoms with E-state index in [4.69, 9.17) is 14.2 Å². The van der Waals surface area contributed by atoms with Gasteiger partial charge in [0.25, 0.3) is 0 Å². The number of anilines is 1. The first-order valence-corrected chi connectivity index (χ1v) is 9.56. The number of hydrogen-bond donors (Lipinski definition) is 1. The van der Waals surface area contributed by atoms with E-state index in [1.807, 2.05) is 31.2 Å². The van der Waals surface area contributed by atoms with Crippen molar-refractivity contribution in [1.82, 2.24) is 4.98 Å². The highest BCUT2D eigenvalue weighted by molar-refractivity contribution is 5.93. The summed E-state index contributed by atoms with van der Waals surface area (Å²) < 4.78 is 17.1. The molecular weight excluding hydrogens is 360 g/mol. The molecule has 0 saturated heterocycles. The van der Waals surface area contributed by atoms with Crippen LogP contribution in [-0.4, -0.2) is 29.6 Å². The second kappa shape index (κ2) is 6.51. The lowest BCUT2D eigenvalue weighted by atomic mass is 10.1. The molecule has 0 radical (unpaired) electrons. The van der Waals surface area contributed by atoms with Crippen LogP contribution in [-0.2, 0) is 20.7 Å². The van der Waals surface area contributed by atoms with Gasteiger partial charge in [-0.1, -0.05) is 0 Å². The lowest BCUT2D eigenvalue weighted by Crippen LogP contribution is -2.20. The molecule has 0 bridgehead atoms. The molecule has 1 aliphatic carbocycles. The van der Waals surface area contributed by atoms with E-state index in [1.54, 1.807) is 6.20 Å². The monoisotopic (exact) mass is 380 g/mol. The molecule has 3 atom stereocenters. The Morgan fingerprint density at radius 3 is 3.07 bits per heavy atom. The quantitative estimate of drug-likeness (QED) is 0.802. The Hall–Kier alpha value is -3.09. The SMILES string of the molecule is CCOC(=O)C[C@@H]1[C@H]2Oc3ccc(Oc4ccnc5c4CCC(=O)N5)cc3[C@@H]12. The van der Waals surface area contributed by atoms with Crippen LogP contribution in [0.4, 0.5) is 5.82 Å². The summed E-state index contributed by atoms with van der Waals surface area (Å²) in [4.78, 5) is 27.6. The Kier molecular flexibility index (Phi) is 3.96. The van der Waals surface area contributed by atoms with Crippen molar-refractivity contribution >= 4 is 17.7 Å². The van der Waals surface area contributed by atoms with Crippen LogP contribution in [0.15, 0.2) is 30.5 Å². The van der Waals surface area contributed by atoms with Crippen molar-refractivity contribution < 1.29 is 23.8 Å². The van der Waals surface area contributed by atoms with Gasteiger partial charge in [0, 0.05) is 35.6 Å². The molecule has 1 fully saturated rings. The number of carbonyl (C=O) groups excluding carboxylic acids is 2. The minimum Gasteiger partial charge on any atom is -0.489 e. The summed E-state index contributed by atoms with van der Waals surface area (Å²) in [6.45, 7) is 2.21. The molecule has 1 amide bonds. The van der Waals surface area contributed by atoms with E-state index in [0.29, 0.717) is 43.2 Å². The fourth-order valence-electron chi connectivity index (χ4n) is 4.15. The van der Waals surface area contributed by atoms with Crippen LogP contribution in [0.2, 0.25) is 0 Å². The molecule has 0 unspecified atom stereocenters. The fourth-order valence-corrected chi connectivity index (χ4v) is 4.15. The van der Waals surface area contributed by atoms with Gasteiger partial charge in [-0.3, -0.25) is 9.59 Å². The third-order valence-electron chi connectivity index (χ3n) is 5.51. The van der Waals surface area contributed by atoms with E-state index < -0.39 is 0 Å². The predicted octanol–water partition coefficient (Wildman–Crippen LogP) is 3.19.